The summed E-state index contributed by atoms with van der Waals surface area (Å²) in [5, 5.41) is 5.75. The molecule has 0 amide bonds. The molecule has 2 aromatic rings. The van der Waals surface area contributed by atoms with Crippen LogP contribution < -0.4 is 5.32 Å². The third-order valence-corrected chi connectivity index (χ3v) is 5.48. The average Bonchev–Trinajstić information content (AvgIpc) is 3.17. The summed E-state index contributed by atoms with van der Waals surface area (Å²) in [6.45, 7) is 3.20. The minimum atomic E-state index is 0.479. The maximum Gasteiger partial charge on any atom is 0.193 e. The van der Waals surface area contributed by atoms with Gasteiger partial charge in [0.05, 0.1) is 17.9 Å². The number of hydrogen-bond donors (Lipinski definition) is 1. The predicted octanol–water partition coefficient (Wildman–Crippen LogP) is 2.48. The van der Waals surface area contributed by atoms with E-state index < -0.39 is 0 Å². The average molecular weight is 291 g/mol. The Bertz CT molecular complexity index is 564. The van der Waals surface area contributed by atoms with Crippen molar-refractivity contribution < 1.29 is 4.74 Å². The molecule has 1 N–H and O–H groups in total. The highest BCUT2D eigenvalue weighted by Gasteiger charge is 2.44. The molecule has 0 aromatic carbocycles. The molecule has 2 bridgehead atoms. The summed E-state index contributed by atoms with van der Waals surface area (Å²) in [4.78, 5) is 5.83. The second-order valence-corrected chi connectivity index (χ2v) is 6.84. The topological polar surface area (TPSA) is 38.6 Å². The summed E-state index contributed by atoms with van der Waals surface area (Å²) < 4.78 is 8.16. The van der Waals surface area contributed by atoms with Crippen molar-refractivity contribution in [3.63, 3.8) is 0 Å². The molecule has 108 valence electrons. The summed E-state index contributed by atoms with van der Waals surface area (Å²) in [5.74, 6) is 0.661. The monoisotopic (exact) mass is 291 g/mol. The Hall–Kier alpha value is -0.910. The van der Waals surface area contributed by atoms with Crippen molar-refractivity contribution in [2.75, 3.05) is 6.54 Å². The van der Waals surface area contributed by atoms with E-state index in [4.69, 9.17) is 9.72 Å². The molecule has 4 heterocycles. The Labute approximate surface area is 123 Å². The van der Waals surface area contributed by atoms with Crippen LogP contribution in [0, 0.1) is 5.92 Å². The number of imidazole rings is 1. The van der Waals surface area contributed by atoms with Crippen LogP contribution in [-0.4, -0.2) is 34.2 Å². The van der Waals surface area contributed by atoms with Gasteiger partial charge in [0.25, 0.3) is 0 Å². The van der Waals surface area contributed by atoms with Crippen LogP contribution in [0.5, 0.6) is 0 Å². The molecule has 2 aliphatic heterocycles. The molecule has 2 saturated heterocycles. The van der Waals surface area contributed by atoms with Gasteiger partial charge in [-0.15, -0.1) is 11.3 Å². The number of rotatable bonds is 5. The lowest BCUT2D eigenvalue weighted by Crippen LogP contribution is -2.42. The number of nitrogens with one attached hydrogen (secondary N) is 1. The molecule has 4 unspecified atom stereocenters. The minimum Gasteiger partial charge on any atom is -0.375 e. The fourth-order valence-corrected chi connectivity index (χ4v) is 4.56. The first-order valence-electron chi connectivity index (χ1n) is 7.63. The molecule has 2 fully saturated rings. The number of ether oxygens (including phenoxy) is 1. The van der Waals surface area contributed by atoms with Gasteiger partial charge >= 0.3 is 0 Å². The molecule has 4 atom stereocenters. The molecule has 4 nitrogen and oxygen atoms in total. The highest BCUT2D eigenvalue weighted by molar-refractivity contribution is 7.15. The van der Waals surface area contributed by atoms with Crippen LogP contribution in [0.15, 0.2) is 17.8 Å². The smallest absolute Gasteiger partial charge is 0.193 e. The standard InChI is InChI=1S/C15H21N3OS/c1-2-16-13(12-8-11-3-4-14(12)19-11)7-10-9-18-5-6-20-15(18)17-10/h5-6,9,11-14,16H,2-4,7-8H2,1H3. The van der Waals surface area contributed by atoms with Crippen molar-refractivity contribution in [2.24, 2.45) is 5.92 Å². The van der Waals surface area contributed by atoms with Gasteiger partial charge in [0.2, 0.25) is 0 Å². The van der Waals surface area contributed by atoms with Crippen LogP contribution in [0.3, 0.4) is 0 Å². The third kappa shape index (κ3) is 2.18. The highest BCUT2D eigenvalue weighted by atomic mass is 32.1. The number of hydrogen-bond acceptors (Lipinski definition) is 4. The van der Waals surface area contributed by atoms with E-state index in [-0.39, 0.29) is 0 Å². The Morgan fingerprint density at radius 2 is 2.50 bits per heavy atom. The van der Waals surface area contributed by atoms with E-state index in [1.54, 1.807) is 11.3 Å². The number of thiazole rings is 1. The molecule has 2 aromatic heterocycles. The summed E-state index contributed by atoms with van der Waals surface area (Å²) in [5.41, 5.74) is 1.20. The van der Waals surface area contributed by atoms with E-state index in [1.807, 2.05) is 0 Å². The Morgan fingerprint density at radius 1 is 1.55 bits per heavy atom. The van der Waals surface area contributed by atoms with Gasteiger partial charge in [-0.1, -0.05) is 6.92 Å². The zero-order valence-electron chi connectivity index (χ0n) is 11.8. The van der Waals surface area contributed by atoms with E-state index in [0.29, 0.717) is 24.2 Å². The molecular formula is C15H21N3OS. The Kier molecular flexibility index (Phi) is 3.28. The van der Waals surface area contributed by atoms with Crippen LogP contribution in [-0.2, 0) is 11.2 Å². The molecule has 5 heteroatoms. The zero-order chi connectivity index (χ0) is 13.5. The molecule has 0 spiro atoms. The van der Waals surface area contributed by atoms with Gasteiger partial charge in [0, 0.05) is 36.2 Å². The van der Waals surface area contributed by atoms with Crippen molar-refractivity contribution in [2.45, 2.75) is 50.9 Å². The third-order valence-electron chi connectivity index (χ3n) is 4.71. The van der Waals surface area contributed by atoms with Crippen LogP contribution in [0.2, 0.25) is 0 Å². The van der Waals surface area contributed by atoms with Gasteiger partial charge in [0.15, 0.2) is 4.96 Å². The maximum atomic E-state index is 6.03. The van der Waals surface area contributed by atoms with E-state index >= 15 is 0 Å². The molecule has 0 radical (unpaired) electrons. The van der Waals surface area contributed by atoms with Crippen molar-refractivity contribution in [1.29, 1.82) is 0 Å². The number of nitrogens with zero attached hydrogens (tertiary/aromatic N) is 2. The SMILES string of the molecule is CCNC(Cc1cn2ccsc2n1)C1CC2CCC1O2. The lowest BCUT2D eigenvalue weighted by molar-refractivity contribution is 0.0858. The minimum absolute atomic E-state index is 0.479. The Morgan fingerprint density at radius 3 is 3.20 bits per heavy atom. The van der Waals surface area contributed by atoms with Gasteiger partial charge in [-0.3, -0.25) is 4.40 Å². The lowest BCUT2D eigenvalue weighted by Gasteiger charge is -2.28. The van der Waals surface area contributed by atoms with Crippen LogP contribution in [0.25, 0.3) is 4.96 Å². The highest BCUT2D eigenvalue weighted by Crippen LogP contribution is 2.41. The second-order valence-electron chi connectivity index (χ2n) is 5.97. The van der Waals surface area contributed by atoms with Gasteiger partial charge in [-0.2, -0.15) is 0 Å². The van der Waals surface area contributed by atoms with Crippen molar-refractivity contribution >= 4 is 16.3 Å². The zero-order valence-corrected chi connectivity index (χ0v) is 12.6. The summed E-state index contributed by atoms with van der Waals surface area (Å²) in [7, 11) is 0. The number of likely N-dealkylation sites (N-methyl/N-ethyl adjacent to an activating group) is 1. The number of aromatic nitrogens is 2. The second kappa shape index (κ2) is 5.13. The van der Waals surface area contributed by atoms with E-state index in [2.05, 4.69) is 34.4 Å². The lowest BCUT2D eigenvalue weighted by atomic mass is 9.82. The van der Waals surface area contributed by atoms with E-state index in [0.717, 1.165) is 17.9 Å². The van der Waals surface area contributed by atoms with Crippen molar-refractivity contribution in [3.05, 3.63) is 23.5 Å². The molecular weight excluding hydrogens is 270 g/mol. The first-order valence-corrected chi connectivity index (χ1v) is 8.51. The van der Waals surface area contributed by atoms with Crippen LogP contribution in [0.4, 0.5) is 0 Å². The molecule has 0 saturated carbocycles. The van der Waals surface area contributed by atoms with Gasteiger partial charge in [0.1, 0.15) is 0 Å². The summed E-state index contributed by atoms with van der Waals surface area (Å²) >= 11 is 1.70. The fourth-order valence-electron chi connectivity index (χ4n) is 3.84. The quantitative estimate of drug-likeness (QED) is 0.920. The van der Waals surface area contributed by atoms with Crippen molar-refractivity contribution in [1.82, 2.24) is 14.7 Å². The summed E-state index contributed by atoms with van der Waals surface area (Å²) in [6, 6.07) is 0.500. The predicted molar refractivity (Wildman–Crippen MR) is 80.2 cm³/mol. The van der Waals surface area contributed by atoms with Gasteiger partial charge < -0.3 is 10.1 Å². The van der Waals surface area contributed by atoms with Gasteiger partial charge in [-0.05, 0) is 25.8 Å². The summed E-state index contributed by atoms with van der Waals surface area (Å²) in [6.07, 6.45) is 10.0. The normalized spacial score (nSPS) is 30.4. The maximum absolute atomic E-state index is 6.03. The molecule has 4 rings (SSSR count). The fraction of sp³-hybridized carbons (Fsp3) is 0.667. The molecule has 20 heavy (non-hydrogen) atoms. The van der Waals surface area contributed by atoms with Crippen LogP contribution >= 0.6 is 11.3 Å². The molecule has 0 aliphatic carbocycles. The van der Waals surface area contributed by atoms with E-state index in [1.165, 1.54) is 25.0 Å². The van der Waals surface area contributed by atoms with Gasteiger partial charge in [-0.25, -0.2) is 4.98 Å². The first kappa shape index (κ1) is 12.8. The Balaban J connectivity index is 1.52. The van der Waals surface area contributed by atoms with Crippen molar-refractivity contribution in [3.8, 4) is 0 Å². The number of fused-ring (bicyclic) bond motifs is 3. The largest absolute Gasteiger partial charge is 0.375 e. The first-order chi connectivity index (χ1) is 9.83. The van der Waals surface area contributed by atoms with Crippen LogP contribution in [0.1, 0.15) is 31.9 Å². The van der Waals surface area contributed by atoms with E-state index in [9.17, 15) is 0 Å². The molecule has 2 aliphatic rings.